The number of piperazine rings is 1. The van der Waals surface area contributed by atoms with Crippen LogP contribution in [-0.4, -0.2) is 283 Å². The lowest BCUT2D eigenvalue weighted by molar-refractivity contribution is 0.00578. The Labute approximate surface area is 711 Å². The maximum atomic E-state index is 12.2. The van der Waals surface area contributed by atoms with E-state index < -0.39 is 23.9 Å². The number of carbonyl (C=O) groups is 3. The van der Waals surface area contributed by atoms with Gasteiger partial charge in [-0.2, -0.15) is 25.2 Å². The molecule has 9 aliphatic heterocycles. The standard InChI is InChI=1S/C18H31BN4O4.C15H26BN3O3.C15H26BN3O2.C11H16BrN3O2.C10H15BrN4O2.C8H12BrN3/c1-16(2,3)25-15(24)21-8-10-22(11-9-21)23-13-14(12-20-23)19-26-17(4,5)18(6,7)27-19;1-14(2)15(3,4)22-16(21-14)13-11-17-19(12-13)6-5-18-7-9-20-10-8-18;1-14(2)15(3,4)21-16(20-14)13-11-17-19(12-13)10-9-18-7-5-6-8-18;1-11(2,3)17-10(16)14-4-5-15-8(12)6-13-9(15)7-14;1-10(2,3)17-9(16)14-4-5-15-7(6-14)12-13-8(15)11;9-7-5-11-12(6-7)8-1-3-10-4-2-8/h12-13H,8-11H2,1-7H3;11-12H,5-10H2,1-4H3;11-12H,5-10H2,1-4H3;6H,4-5,7H2,1-3H3;4-6H2,1-3H3;5-6,8,10H,1-4H2. The molecule has 33 nitrogen and oxygen atoms in total. The third-order valence-electron chi connectivity index (χ3n) is 22.3. The third kappa shape index (κ3) is 25.3. The molecule has 15 heterocycles. The molecule has 7 fully saturated rings. The van der Waals surface area contributed by atoms with E-state index in [4.69, 9.17) is 46.9 Å². The van der Waals surface area contributed by atoms with Gasteiger partial charge < -0.3 is 71.1 Å². The Hall–Kier alpha value is -5.97. The van der Waals surface area contributed by atoms with Crippen molar-refractivity contribution < 1.29 is 61.3 Å². The second kappa shape index (κ2) is 38.4. The van der Waals surface area contributed by atoms with Crippen LogP contribution in [0.3, 0.4) is 0 Å². The molecule has 0 radical (unpaired) electrons. The zero-order valence-electron chi connectivity index (χ0n) is 72.3. The normalized spacial score (nSPS) is 21.0. The molecule has 116 heavy (non-hydrogen) atoms. The number of nitrogens with zero attached hydrogens (tertiary/aromatic N) is 19. The number of nitrogens with one attached hydrogen (secondary N) is 1. The van der Waals surface area contributed by atoms with Crippen molar-refractivity contribution in [2.75, 3.05) is 110 Å². The Morgan fingerprint density at radius 1 is 0.466 bits per heavy atom. The van der Waals surface area contributed by atoms with Gasteiger partial charge in [-0.05, 0) is 245 Å². The van der Waals surface area contributed by atoms with Gasteiger partial charge in [-0.25, -0.2) is 19.4 Å². The molecule has 6 aromatic heterocycles. The highest BCUT2D eigenvalue weighted by molar-refractivity contribution is 9.11. The first-order valence-electron chi connectivity index (χ1n) is 40.8. The topological polar surface area (TPSA) is 295 Å². The quantitative estimate of drug-likeness (QED) is 0.0934. The molecule has 15 rings (SSSR count). The van der Waals surface area contributed by atoms with E-state index in [9.17, 15) is 14.4 Å². The van der Waals surface area contributed by atoms with Crippen LogP contribution in [0.5, 0.6) is 0 Å². The molecule has 642 valence electrons. The second-order valence-corrected chi connectivity index (χ2v) is 39.0. The van der Waals surface area contributed by atoms with Crippen LogP contribution in [0.4, 0.5) is 14.4 Å². The summed E-state index contributed by atoms with van der Waals surface area (Å²) in [6.07, 6.45) is 21.4. The fourth-order valence-corrected chi connectivity index (χ4v) is 14.7. The molecular weight excluding hydrogens is 1690 g/mol. The van der Waals surface area contributed by atoms with Gasteiger partial charge in [0.1, 0.15) is 27.2 Å². The van der Waals surface area contributed by atoms with Crippen molar-refractivity contribution >= 4 is 104 Å². The first-order chi connectivity index (χ1) is 54.2. The number of hydrogen-bond donors (Lipinski definition) is 1. The van der Waals surface area contributed by atoms with Crippen LogP contribution in [0.25, 0.3) is 0 Å². The SMILES string of the molecule is Brc1cnn(C2CCNCC2)c1.CC(C)(C)OC(=O)N1CCN(n2cc(B3OC(C)(C)C(C)(C)O3)cn2)CC1.CC(C)(C)OC(=O)N1CCn2c(Br)cnc2C1.CC(C)(C)OC(=O)N1CCn2c(Br)nnc2C1.CC1(C)OB(c2cnn(CCN3CCCC3)c2)OC1(C)C.CC1(C)OB(c2cnn(CCN3CCOCC3)c2)OC1(C)C. The van der Waals surface area contributed by atoms with Crippen LogP contribution in [-0.2, 0) is 86.1 Å². The zero-order chi connectivity index (χ0) is 84.6. The Balaban J connectivity index is 0.000000149. The summed E-state index contributed by atoms with van der Waals surface area (Å²) in [6.45, 7) is 59.9. The highest BCUT2D eigenvalue weighted by Gasteiger charge is 2.55. The fraction of sp³-hybridized carbons (Fsp3) is 0.740. The first-order valence-corrected chi connectivity index (χ1v) is 43.2. The maximum absolute atomic E-state index is 12.2. The number of ether oxygens (including phenoxy) is 4. The number of hydrogen-bond acceptors (Lipinski definition) is 24. The molecule has 0 atom stereocenters. The molecule has 0 unspecified atom stereocenters. The number of imidazole rings is 1. The number of aromatic nitrogens is 13. The van der Waals surface area contributed by atoms with E-state index in [0.717, 1.165) is 109 Å². The van der Waals surface area contributed by atoms with Crippen LogP contribution in [0.15, 0.2) is 69.6 Å². The monoisotopic (exact) mass is 1810 g/mol. The van der Waals surface area contributed by atoms with Gasteiger partial charge in [0.15, 0.2) is 10.6 Å². The number of morpholine rings is 1. The largest absolute Gasteiger partial charge is 0.498 e. The molecule has 1 N–H and O–H groups in total. The predicted molar refractivity (Wildman–Crippen MR) is 455 cm³/mol. The molecular formula is C77H126B3Br3N20O13. The number of rotatable bonds is 11. The summed E-state index contributed by atoms with van der Waals surface area (Å²) in [6, 6.07) is 0.595. The predicted octanol–water partition coefficient (Wildman–Crippen LogP) is 8.92. The van der Waals surface area contributed by atoms with Gasteiger partial charge in [-0.15, -0.1) is 10.2 Å². The number of halogens is 3. The molecule has 0 bridgehead atoms. The van der Waals surface area contributed by atoms with Crippen LogP contribution in [0.2, 0.25) is 0 Å². The minimum absolute atomic E-state index is 0.263. The van der Waals surface area contributed by atoms with E-state index in [-0.39, 0.29) is 66.1 Å². The maximum Gasteiger partial charge on any atom is 0.498 e. The van der Waals surface area contributed by atoms with E-state index in [1.54, 1.807) is 27.1 Å². The smallest absolute Gasteiger partial charge is 0.444 e. The minimum atomic E-state index is -0.478. The molecule has 7 saturated heterocycles. The molecule has 9 aliphatic rings. The third-order valence-corrected chi connectivity index (χ3v) is 24.0. The number of fused-ring (bicyclic) bond motifs is 2. The van der Waals surface area contributed by atoms with Gasteiger partial charge in [-0.3, -0.25) is 33.8 Å². The lowest BCUT2D eigenvalue weighted by Crippen LogP contribution is -2.53. The number of amides is 3. The van der Waals surface area contributed by atoms with Crippen molar-refractivity contribution in [3.05, 3.63) is 81.2 Å². The summed E-state index contributed by atoms with van der Waals surface area (Å²) in [7, 11) is -1.07. The highest BCUT2D eigenvalue weighted by Crippen LogP contribution is 2.39. The molecule has 0 aromatic carbocycles. The lowest BCUT2D eigenvalue weighted by atomic mass is 9.82. The number of piperidine rings is 1. The summed E-state index contributed by atoms with van der Waals surface area (Å²) in [5.74, 6) is 1.66. The van der Waals surface area contributed by atoms with Crippen molar-refractivity contribution in [3.63, 3.8) is 0 Å². The van der Waals surface area contributed by atoms with E-state index in [1.165, 1.54) is 38.8 Å². The van der Waals surface area contributed by atoms with Gasteiger partial charge >= 0.3 is 39.6 Å². The fourth-order valence-electron chi connectivity index (χ4n) is 13.4. The van der Waals surface area contributed by atoms with Gasteiger partial charge in [-0.1, -0.05) is 0 Å². The van der Waals surface area contributed by atoms with Crippen LogP contribution >= 0.6 is 47.8 Å². The Kier molecular flexibility index (Phi) is 30.6. The summed E-state index contributed by atoms with van der Waals surface area (Å²) in [5, 5.41) is 31.0. The second-order valence-electron chi connectivity index (χ2n) is 36.6. The molecule has 0 saturated carbocycles. The van der Waals surface area contributed by atoms with Crippen molar-refractivity contribution in [2.24, 2.45) is 0 Å². The van der Waals surface area contributed by atoms with Crippen LogP contribution < -0.4 is 26.7 Å². The van der Waals surface area contributed by atoms with Crippen LogP contribution in [0, 0.1) is 0 Å². The van der Waals surface area contributed by atoms with E-state index >= 15 is 0 Å². The minimum Gasteiger partial charge on any atom is -0.444 e. The van der Waals surface area contributed by atoms with Gasteiger partial charge in [0, 0.05) is 119 Å². The van der Waals surface area contributed by atoms with Crippen LogP contribution in [0.1, 0.15) is 189 Å². The Bertz CT molecular complexity index is 4030. The zero-order valence-corrected chi connectivity index (χ0v) is 77.1. The lowest BCUT2D eigenvalue weighted by Gasteiger charge is -2.36. The van der Waals surface area contributed by atoms with Crippen molar-refractivity contribution in [1.82, 2.24) is 93.4 Å². The summed E-state index contributed by atoms with van der Waals surface area (Å²) >= 11 is 10.1. The molecule has 39 heteroatoms. The van der Waals surface area contributed by atoms with Crippen molar-refractivity contribution in [3.8, 4) is 0 Å². The van der Waals surface area contributed by atoms with E-state index in [1.807, 2.05) is 140 Å². The first kappa shape index (κ1) is 92.3. The van der Waals surface area contributed by atoms with Gasteiger partial charge in [0.25, 0.3) is 0 Å². The van der Waals surface area contributed by atoms with Crippen molar-refractivity contribution in [2.45, 2.75) is 267 Å². The van der Waals surface area contributed by atoms with Crippen molar-refractivity contribution in [1.29, 1.82) is 0 Å². The van der Waals surface area contributed by atoms with Gasteiger partial charge in [0.2, 0.25) is 0 Å². The molecule has 3 amide bonds. The Morgan fingerprint density at radius 3 is 1.33 bits per heavy atom. The summed E-state index contributed by atoms with van der Waals surface area (Å²) < 4.78 is 70.6. The molecule has 0 spiro atoms. The van der Waals surface area contributed by atoms with E-state index in [0.29, 0.717) is 69.7 Å². The average molecular weight is 1810 g/mol. The number of carbonyl (C=O) groups excluding carboxylic acids is 3. The summed E-state index contributed by atoms with van der Waals surface area (Å²) in [5.41, 5.74) is -0.482. The highest BCUT2D eigenvalue weighted by atomic mass is 79.9. The molecule has 0 aliphatic carbocycles. The number of likely N-dealkylation sites (tertiary alicyclic amines) is 1. The summed E-state index contributed by atoms with van der Waals surface area (Å²) in [4.78, 5) is 52.0. The van der Waals surface area contributed by atoms with E-state index in [2.05, 4.69) is 181 Å². The Morgan fingerprint density at radius 2 is 0.879 bits per heavy atom. The molecule has 6 aromatic rings. The van der Waals surface area contributed by atoms with Gasteiger partial charge in [0.05, 0.1) is 115 Å². The average Bonchev–Trinajstić information content (AvgIpc) is 1.63.